The van der Waals surface area contributed by atoms with Gasteiger partial charge in [-0.1, -0.05) is 20.8 Å². The van der Waals surface area contributed by atoms with Crippen molar-refractivity contribution in [3.63, 3.8) is 0 Å². The van der Waals surface area contributed by atoms with Crippen molar-refractivity contribution in [2.45, 2.75) is 33.6 Å². The Kier molecular flexibility index (Phi) is 6.75. The van der Waals surface area contributed by atoms with E-state index < -0.39 is 0 Å². The second-order valence-electron chi connectivity index (χ2n) is 5.21. The van der Waals surface area contributed by atoms with Crippen molar-refractivity contribution >= 4 is 15.9 Å². The lowest BCUT2D eigenvalue weighted by atomic mass is 10.0. The highest BCUT2D eigenvalue weighted by atomic mass is 79.9. The zero-order valence-electron chi connectivity index (χ0n) is 11.0. The molecule has 1 rings (SSSR count). The van der Waals surface area contributed by atoms with E-state index in [1.54, 1.807) is 0 Å². The Labute approximate surface area is 113 Å². The van der Waals surface area contributed by atoms with Gasteiger partial charge in [0.15, 0.2) is 0 Å². The van der Waals surface area contributed by atoms with Crippen LogP contribution < -0.4 is 5.32 Å². The standard InChI is InChI=1S/C14H23BrN2/c1-11(2)7-16-8-12(3)4-5-13-6-14(15)10-17-9-13/h6,9-12,16H,4-5,7-8H2,1-3H3. The molecule has 0 saturated carbocycles. The van der Waals surface area contributed by atoms with Crippen molar-refractivity contribution < 1.29 is 0 Å². The highest BCUT2D eigenvalue weighted by molar-refractivity contribution is 9.10. The van der Waals surface area contributed by atoms with Gasteiger partial charge in [-0.15, -0.1) is 0 Å². The van der Waals surface area contributed by atoms with E-state index in [1.165, 1.54) is 12.0 Å². The maximum Gasteiger partial charge on any atom is 0.0410 e. The minimum Gasteiger partial charge on any atom is -0.316 e. The van der Waals surface area contributed by atoms with Crippen LogP contribution in [-0.4, -0.2) is 18.1 Å². The smallest absolute Gasteiger partial charge is 0.0410 e. The third kappa shape index (κ3) is 6.79. The van der Waals surface area contributed by atoms with E-state index in [0.29, 0.717) is 5.92 Å². The molecule has 17 heavy (non-hydrogen) atoms. The molecule has 1 heterocycles. The van der Waals surface area contributed by atoms with Crippen LogP contribution in [-0.2, 0) is 6.42 Å². The zero-order valence-corrected chi connectivity index (χ0v) is 12.6. The zero-order chi connectivity index (χ0) is 12.7. The average molecular weight is 299 g/mol. The lowest BCUT2D eigenvalue weighted by Crippen LogP contribution is -2.25. The number of aromatic nitrogens is 1. The molecule has 0 aromatic carbocycles. The van der Waals surface area contributed by atoms with Crippen LogP contribution in [0.2, 0.25) is 0 Å². The van der Waals surface area contributed by atoms with Crippen LogP contribution in [0.4, 0.5) is 0 Å². The van der Waals surface area contributed by atoms with Gasteiger partial charge >= 0.3 is 0 Å². The van der Waals surface area contributed by atoms with Gasteiger partial charge in [0.05, 0.1) is 0 Å². The van der Waals surface area contributed by atoms with E-state index in [4.69, 9.17) is 0 Å². The Balaban J connectivity index is 2.21. The summed E-state index contributed by atoms with van der Waals surface area (Å²) in [6.45, 7) is 9.01. The molecule has 0 spiro atoms. The van der Waals surface area contributed by atoms with E-state index in [9.17, 15) is 0 Å². The molecule has 0 aliphatic carbocycles. The third-order valence-electron chi connectivity index (χ3n) is 2.73. The molecule has 0 amide bonds. The Hall–Kier alpha value is -0.410. The van der Waals surface area contributed by atoms with Gasteiger partial charge in [-0.2, -0.15) is 0 Å². The maximum atomic E-state index is 4.19. The summed E-state index contributed by atoms with van der Waals surface area (Å²) in [5, 5.41) is 3.51. The first-order valence-electron chi connectivity index (χ1n) is 6.38. The van der Waals surface area contributed by atoms with E-state index in [1.807, 2.05) is 12.4 Å². The molecule has 1 unspecified atom stereocenters. The second kappa shape index (κ2) is 7.83. The van der Waals surface area contributed by atoms with Crippen LogP contribution in [0.15, 0.2) is 22.9 Å². The van der Waals surface area contributed by atoms with Crippen LogP contribution in [0, 0.1) is 11.8 Å². The van der Waals surface area contributed by atoms with Gasteiger partial charge in [0, 0.05) is 16.9 Å². The number of nitrogens with one attached hydrogen (secondary N) is 1. The van der Waals surface area contributed by atoms with Crippen molar-refractivity contribution in [1.29, 1.82) is 0 Å². The molecule has 0 fully saturated rings. The molecule has 2 nitrogen and oxygen atoms in total. The van der Waals surface area contributed by atoms with Crippen molar-refractivity contribution in [3.05, 3.63) is 28.5 Å². The first-order valence-corrected chi connectivity index (χ1v) is 7.17. The van der Waals surface area contributed by atoms with Gasteiger partial charge in [-0.3, -0.25) is 4.98 Å². The Bertz CT molecular complexity index is 326. The van der Waals surface area contributed by atoms with Crippen molar-refractivity contribution in [3.8, 4) is 0 Å². The number of halogens is 1. The normalized spacial score (nSPS) is 13.0. The molecule has 0 aliphatic heterocycles. The predicted molar refractivity (Wildman–Crippen MR) is 77.1 cm³/mol. The van der Waals surface area contributed by atoms with E-state index >= 15 is 0 Å². The largest absolute Gasteiger partial charge is 0.316 e. The fraction of sp³-hybridized carbons (Fsp3) is 0.643. The highest BCUT2D eigenvalue weighted by Gasteiger charge is 2.03. The topological polar surface area (TPSA) is 24.9 Å². The fourth-order valence-electron chi connectivity index (χ4n) is 1.73. The molecule has 0 saturated heterocycles. The van der Waals surface area contributed by atoms with Gasteiger partial charge in [-0.05, 0) is 65.3 Å². The molecule has 0 bridgehead atoms. The summed E-state index contributed by atoms with van der Waals surface area (Å²) in [7, 11) is 0. The summed E-state index contributed by atoms with van der Waals surface area (Å²) >= 11 is 3.45. The third-order valence-corrected chi connectivity index (χ3v) is 3.17. The monoisotopic (exact) mass is 298 g/mol. The summed E-state index contributed by atoms with van der Waals surface area (Å²) in [6.07, 6.45) is 6.11. The van der Waals surface area contributed by atoms with Crippen LogP contribution in [0.5, 0.6) is 0 Å². The summed E-state index contributed by atoms with van der Waals surface area (Å²) < 4.78 is 1.07. The number of aryl methyl sites for hydroxylation is 1. The Morgan fingerprint density at radius 2 is 2.00 bits per heavy atom. The number of pyridine rings is 1. The molecular weight excluding hydrogens is 276 g/mol. The molecule has 0 aliphatic rings. The van der Waals surface area contributed by atoms with Crippen LogP contribution in [0.25, 0.3) is 0 Å². The summed E-state index contributed by atoms with van der Waals surface area (Å²) in [5.41, 5.74) is 1.31. The van der Waals surface area contributed by atoms with E-state index in [0.717, 1.165) is 29.9 Å². The summed E-state index contributed by atoms with van der Waals surface area (Å²) in [5.74, 6) is 1.45. The molecule has 1 aromatic heterocycles. The van der Waals surface area contributed by atoms with Gasteiger partial charge in [-0.25, -0.2) is 0 Å². The highest BCUT2D eigenvalue weighted by Crippen LogP contribution is 2.13. The molecule has 96 valence electrons. The predicted octanol–water partition coefficient (Wildman–Crippen LogP) is 3.66. The lowest BCUT2D eigenvalue weighted by Gasteiger charge is -2.13. The maximum absolute atomic E-state index is 4.19. The number of nitrogens with zero attached hydrogens (tertiary/aromatic N) is 1. The minimum atomic E-state index is 0.715. The molecule has 0 radical (unpaired) electrons. The Morgan fingerprint density at radius 1 is 1.24 bits per heavy atom. The second-order valence-corrected chi connectivity index (χ2v) is 6.12. The molecule has 1 atom stereocenters. The molecule has 3 heteroatoms. The minimum absolute atomic E-state index is 0.715. The van der Waals surface area contributed by atoms with Gasteiger partial charge in [0.25, 0.3) is 0 Å². The lowest BCUT2D eigenvalue weighted by molar-refractivity contribution is 0.454. The molecule has 1 N–H and O–H groups in total. The first kappa shape index (κ1) is 14.7. The van der Waals surface area contributed by atoms with Gasteiger partial charge in [0.1, 0.15) is 0 Å². The number of rotatable bonds is 7. The average Bonchev–Trinajstić information content (AvgIpc) is 2.26. The molecule has 1 aromatic rings. The van der Waals surface area contributed by atoms with Gasteiger partial charge in [0.2, 0.25) is 0 Å². The van der Waals surface area contributed by atoms with E-state index in [2.05, 4.69) is 53.1 Å². The van der Waals surface area contributed by atoms with Crippen molar-refractivity contribution in [2.24, 2.45) is 11.8 Å². The summed E-state index contributed by atoms with van der Waals surface area (Å²) in [6, 6.07) is 2.15. The van der Waals surface area contributed by atoms with Crippen LogP contribution in [0.1, 0.15) is 32.8 Å². The van der Waals surface area contributed by atoms with Crippen LogP contribution >= 0.6 is 15.9 Å². The number of hydrogen-bond donors (Lipinski definition) is 1. The van der Waals surface area contributed by atoms with Crippen LogP contribution in [0.3, 0.4) is 0 Å². The van der Waals surface area contributed by atoms with E-state index in [-0.39, 0.29) is 0 Å². The quantitative estimate of drug-likeness (QED) is 0.831. The fourth-order valence-corrected chi connectivity index (χ4v) is 2.14. The Morgan fingerprint density at radius 3 is 2.65 bits per heavy atom. The summed E-state index contributed by atoms with van der Waals surface area (Å²) in [4.78, 5) is 4.19. The molecular formula is C14H23BrN2. The first-order chi connectivity index (χ1) is 8.08. The number of hydrogen-bond acceptors (Lipinski definition) is 2. The van der Waals surface area contributed by atoms with Gasteiger partial charge < -0.3 is 5.32 Å². The SMILES string of the molecule is CC(C)CNCC(C)CCc1cncc(Br)c1. The van der Waals surface area contributed by atoms with Crippen molar-refractivity contribution in [1.82, 2.24) is 10.3 Å². The van der Waals surface area contributed by atoms with Crippen molar-refractivity contribution in [2.75, 3.05) is 13.1 Å².